The fourth-order valence-corrected chi connectivity index (χ4v) is 5.85. The Balaban J connectivity index is 3.61. The smallest absolute Gasteiger partial charge is 0.306 e. The van der Waals surface area contributed by atoms with E-state index < -0.39 is 6.10 Å². The molecule has 1 unspecified atom stereocenters. The first-order valence-corrected chi connectivity index (χ1v) is 22.1. The van der Waals surface area contributed by atoms with E-state index in [4.69, 9.17) is 9.47 Å². The maximum atomic E-state index is 12.2. The maximum Gasteiger partial charge on any atom is 0.306 e. The van der Waals surface area contributed by atoms with Crippen molar-refractivity contribution in [2.24, 2.45) is 0 Å². The van der Waals surface area contributed by atoms with Crippen LogP contribution in [0.3, 0.4) is 0 Å². The molecule has 0 fully saturated rings. The number of esters is 2. The summed E-state index contributed by atoms with van der Waals surface area (Å²) in [6.07, 6.45) is 60.7. The zero-order chi connectivity index (χ0) is 39.3. The molecule has 308 valence electrons. The SMILES string of the molecule is CC/C=C\C/C=C\C/C=C\C/C=C\C/C=C\CCCCCCCC(=O)OC(CO)COC(=O)CCCCCCCCCCC/C=C\C/C=C\CCCCC. The van der Waals surface area contributed by atoms with Crippen LogP contribution in [-0.4, -0.2) is 36.4 Å². The quantitative estimate of drug-likeness (QED) is 0.0385. The predicted molar refractivity (Wildman–Crippen MR) is 233 cm³/mol. The van der Waals surface area contributed by atoms with Gasteiger partial charge in [-0.1, -0.05) is 176 Å². The van der Waals surface area contributed by atoms with Gasteiger partial charge >= 0.3 is 11.9 Å². The van der Waals surface area contributed by atoms with Crippen LogP contribution >= 0.6 is 0 Å². The van der Waals surface area contributed by atoms with Crippen LogP contribution in [-0.2, 0) is 19.1 Å². The molecule has 0 saturated carbocycles. The lowest BCUT2D eigenvalue weighted by Gasteiger charge is -2.15. The molecule has 1 atom stereocenters. The number of aliphatic hydroxyl groups is 1. The van der Waals surface area contributed by atoms with Crippen molar-refractivity contribution < 1.29 is 24.2 Å². The molecule has 0 bridgehead atoms. The number of hydrogen-bond donors (Lipinski definition) is 1. The van der Waals surface area contributed by atoms with Gasteiger partial charge in [-0.15, -0.1) is 0 Å². The Morgan fingerprint density at radius 2 is 0.796 bits per heavy atom. The van der Waals surface area contributed by atoms with E-state index in [1.807, 2.05) is 0 Å². The summed E-state index contributed by atoms with van der Waals surface area (Å²) in [5.74, 6) is -0.622. The Morgan fingerprint density at radius 1 is 0.444 bits per heavy atom. The molecule has 0 radical (unpaired) electrons. The van der Waals surface area contributed by atoms with Crippen molar-refractivity contribution in [3.8, 4) is 0 Å². The van der Waals surface area contributed by atoms with Crippen molar-refractivity contribution >= 4 is 11.9 Å². The molecule has 5 heteroatoms. The summed E-state index contributed by atoms with van der Waals surface area (Å²) in [6.45, 7) is 3.98. The molecule has 1 N–H and O–H groups in total. The first-order valence-electron chi connectivity index (χ1n) is 22.1. The highest BCUT2D eigenvalue weighted by Crippen LogP contribution is 2.13. The first kappa shape index (κ1) is 51.1. The van der Waals surface area contributed by atoms with E-state index in [0.717, 1.165) is 96.3 Å². The number of carbonyl (C=O) groups is 2. The lowest BCUT2D eigenvalue weighted by molar-refractivity contribution is -0.161. The molecule has 5 nitrogen and oxygen atoms in total. The van der Waals surface area contributed by atoms with Crippen LogP contribution in [0.5, 0.6) is 0 Å². The van der Waals surface area contributed by atoms with E-state index in [0.29, 0.717) is 12.8 Å². The standard InChI is InChI=1S/C49H82O5/c1-3-5-7-9-11-13-15-17-19-21-23-24-26-28-30-32-34-36-38-40-42-44-49(52)54-47(45-50)46-53-48(51)43-41-39-37-35-33-31-29-27-25-22-20-18-16-14-12-10-8-6-4-2/h5,7,11-14,17-20,23-24,28,30,47,50H,3-4,6,8-10,15-16,21-22,25-27,29,31-46H2,1-2H3/b7-5-,13-11-,14-12-,19-17-,20-18-,24-23-,30-28-. The summed E-state index contributed by atoms with van der Waals surface area (Å²) in [6, 6.07) is 0. The summed E-state index contributed by atoms with van der Waals surface area (Å²) in [5.41, 5.74) is 0. The Kier molecular flexibility index (Phi) is 42.1. The second kappa shape index (κ2) is 44.5. The fraction of sp³-hybridized carbons (Fsp3) is 0.673. The van der Waals surface area contributed by atoms with Gasteiger partial charge < -0.3 is 14.6 Å². The average molecular weight is 751 g/mol. The van der Waals surface area contributed by atoms with Gasteiger partial charge in [0.15, 0.2) is 6.10 Å². The van der Waals surface area contributed by atoms with E-state index >= 15 is 0 Å². The Bertz CT molecular complexity index is 1030. The Hall–Kier alpha value is -2.92. The van der Waals surface area contributed by atoms with Gasteiger partial charge in [0.2, 0.25) is 0 Å². The van der Waals surface area contributed by atoms with Gasteiger partial charge in [0.1, 0.15) is 6.61 Å². The minimum atomic E-state index is -0.789. The van der Waals surface area contributed by atoms with Crippen LogP contribution in [0, 0.1) is 0 Å². The highest BCUT2D eigenvalue weighted by molar-refractivity contribution is 5.70. The van der Waals surface area contributed by atoms with Crippen LogP contribution in [0.25, 0.3) is 0 Å². The Morgan fingerprint density at radius 3 is 1.20 bits per heavy atom. The average Bonchev–Trinajstić information content (AvgIpc) is 3.17. The van der Waals surface area contributed by atoms with E-state index in [2.05, 4.69) is 98.9 Å². The van der Waals surface area contributed by atoms with Crippen molar-refractivity contribution in [1.29, 1.82) is 0 Å². The van der Waals surface area contributed by atoms with Crippen molar-refractivity contribution in [3.63, 3.8) is 0 Å². The zero-order valence-corrected chi connectivity index (χ0v) is 35.0. The second-order valence-electron chi connectivity index (χ2n) is 14.4. The van der Waals surface area contributed by atoms with Crippen LogP contribution in [0.4, 0.5) is 0 Å². The van der Waals surface area contributed by atoms with Gasteiger partial charge in [0.05, 0.1) is 6.61 Å². The topological polar surface area (TPSA) is 72.8 Å². The van der Waals surface area contributed by atoms with Gasteiger partial charge in [-0.3, -0.25) is 9.59 Å². The summed E-state index contributed by atoms with van der Waals surface area (Å²) in [5, 5.41) is 9.59. The molecular formula is C49H82O5. The minimum Gasteiger partial charge on any atom is -0.462 e. The highest BCUT2D eigenvalue weighted by atomic mass is 16.6. The third-order valence-corrected chi connectivity index (χ3v) is 9.17. The summed E-state index contributed by atoms with van der Waals surface area (Å²) >= 11 is 0. The Labute approximate surface area is 333 Å². The van der Waals surface area contributed by atoms with Crippen LogP contribution in [0.1, 0.15) is 194 Å². The fourth-order valence-electron chi connectivity index (χ4n) is 5.85. The summed E-state index contributed by atoms with van der Waals surface area (Å²) in [7, 11) is 0. The third-order valence-electron chi connectivity index (χ3n) is 9.17. The summed E-state index contributed by atoms with van der Waals surface area (Å²) < 4.78 is 10.6. The maximum absolute atomic E-state index is 12.2. The molecule has 0 aliphatic carbocycles. The molecule has 0 amide bonds. The van der Waals surface area contributed by atoms with Gasteiger partial charge in [0, 0.05) is 12.8 Å². The molecule has 0 aromatic heterocycles. The van der Waals surface area contributed by atoms with Crippen molar-refractivity contribution in [2.75, 3.05) is 13.2 Å². The van der Waals surface area contributed by atoms with Gasteiger partial charge in [0.25, 0.3) is 0 Å². The molecule has 0 saturated heterocycles. The van der Waals surface area contributed by atoms with Crippen molar-refractivity contribution in [1.82, 2.24) is 0 Å². The number of allylic oxidation sites excluding steroid dienone is 14. The number of ether oxygens (including phenoxy) is 2. The number of aliphatic hydroxyl groups excluding tert-OH is 1. The number of carbonyl (C=O) groups excluding carboxylic acids is 2. The van der Waals surface area contributed by atoms with E-state index in [9.17, 15) is 14.7 Å². The number of rotatable bonds is 39. The van der Waals surface area contributed by atoms with Gasteiger partial charge in [-0.05, 0) is 89.9 Å². The zero-order valence-electron chi connectivity index (χ0n) is 35.0. The molecule has 0 heterocycles. The van der Waals surface area contributed by atoms with Crippen LogP contribution in [0.2, 0.25) is 0 Å². The van der Waals surface area contributed by atoms with E-state index in [-0.39, 0.29) is 25.2 Å². The molecule has 0 aliphatic rings. The largest absolute Gasteiger partial charge is 0.462 e. The third kappa shape index (κ3) is 41.8. The summed E-state index contributed by atoms with van der Waals surface area (Å²) in [4.78, 5) is 24.4. The molecule has 0 rings (SSSR count). The van der Waals surface area contributed by atoms with Gasteiger partial charge in [-0.25, -0.2) is 0 Å². The number of unbranched alkanes of at least 4 members (excludes halogenated alkanes) is 17. The monoisotopic (exact) mass is 751 g/mol. The lowest BCUT2D eigenvalue weighted by atomic mass is 10.1. The number of hydrogen-bond acceptors (Lipinski definition) is 5. The molecule has 0 aliphatic heterocycles. The van der Waals surface area contributed by atoms with Crippen molar-refractivity contribution in [2.45, 2.75) is 200 Å². The lowest BCUT2D eigenvalue weighted by Crippen LogP contribution is -2.28. The van der Waals surface area contributed by atoms with E-state index in [1.165, 1.54) is 70.6 Å². The molecule has 0 spiro atoms. The molecule has 54 heavy (non-hydrogen) atoms. The second-order valence-corrected chi connectivity index (χ2v) is 14.4. The van der Waals surface area contributed by atoms with Crippen LogP contribution in [0.15, 0.2) is 85.1 Å². The molecule has 0 aromatic rings. The minimum absolute atomic E-state index is 0.0805. The van der Waals surface area contributed by atoms with E-state index in [1.54, 1.807) is 0 Å². The predicted octanol–water partition coefficient (Wildman–Crippen LogP) is 14.3. The normalized spacial score (nSPS) is 13.0. The van der Waals surface area contributed by atoms with Gasteiger partial charge in [-0.2, -0.15) is 0 Å². The first-order chi connectivity index (χ1) is 26.6. The molecule has 0 aromatic carbocycles. The van der Waals surface area contributed by atoms with Crippen LogP contribution < -0.4 is 0 Å². The van der Waals surface area contributed by atoms with Crippen molar-refractivity contribution in [3.05, 3.63) is 85.1 Å². The molecular weight excluding hydrogens is 669 g/mol. The highest BCUT2D eigenvalue weighted by Gasteiger charge is 2.16.